The molecule has 1 saturated heterocycles. The van der Waals surface area contributed by atoms with E-state index in [0.29, 0.717) is 13.0 Å². The Morgan fingerprint density at radius 2 is 2.33 bits per heavy atom. The summed E-state index contributed by atoms with van der Waals surface area (Å²) in [6, 6.07) is 0. The number of likely N-dealkylation sites (tertiary alicyclic amines) is 1. The van der Waals surface area contributed by atoms with Crippen molar-refractivity contribution in [3.05, 3.63) is 5.01 Å². The highest BCUT2D eigenvalue weighted by Crippen LogP contribution is 2.19. The molecular formula is C9H14N4OS. The van der Waals surface area contributed by atoms with Crippen LogP contribution in [0.5, 0.6) is 0 Å². The first kappa shape index (κ1) is 10.4. The summed E-state index contributed by atoms with van der Waals surface area (Å²) in [5, 5.41) is 12.6. The van der Waals surface area contributed by atoms with Crippen molar-refractivity contribution in [2.45, 2.75) is 25.8 Å². The van der Waals surface area contributed by atoms with Crippen molar-refractivity contribution < 1.29 is 4.79 Å². The van der Waals surface area contributed by atoms with Crippen LogP contribution in [0.3, 0.4) is 0 Å². The van der Waals surface area contributed by atoms with Crippen molar-refractivity contribution in [2.75, 3.05) is 18.9 Å². The molecule has 0 spiro atoms. The molecule has 1 aliphatic heterocycles. The minimum Gasteiger partial charge on any atom is -0.363 e. The fraction of sp³-hybridized carbons (Fsp3) is 0.667. The van der Waals surface area contributed by atoms with E-state index < -0.39 is 0 Å². The van der Waals surface area contributed by atoms with Crippen LogP contribution in [0.25, 0.3) is 0 Å². The number of hydrogen-bond acceptors (Lipinski definition) is 5. The van der Waals surface area contributed by atoms with Gasteiger partial charge in [0.15, 0.2) is 0 Å². The summed E-state index contributed by atoms with van der Waals surface area (Å²) in [4.78, 5) is 13.4. The van der Waals surface area contributed by atoms with E-state index >= 15 is 0 Å². The first-order valence-corrected chi connectivity index (χ1v) is 5.89. The van der Waals surface area contributed by atoms with Crippen LogP contribution in [-0.4, -0.2) is 34.6 Å². The second-order valence-corrected chi connectivity index (χ2v) is 4.59. The Bertz CT molecular complexity index is 352. The summed E-state index contributed by atoms with van der Waals surface area (Å²) in [7, 11) is 1.82. The van der Waals surface area contributed by atoms with Crippen LogP contribution in [0, 0.1) is 0 Å². The van der Waals surface area contributed by atoms with Crippen molar-refractivity contribution >= 4 is 22.4 Å². The molecule has 1 aromatic rings. The third-order valence-corrected chi connectivity index (χ3v) is 3.35. The molecular weight excluding hydrogens is 212 g/mol. The highest BCUT2D eigenvalue weighted by atomic mass is 32.1. The predicted octanol–water partition coefficient (Wildman–Crippen LogP) is 1.09. The van der Waals surface area contributed by atoms with Gasteiger partial charge in [-0.15, -0.1) is 10.2 Å². The molecule has 0 unspecified atom stereocenters. The summed E-state index contributed by atoms with van der Waals surface area (Å²) in [5.74, 6) is 0.238. The van der Waals surface area contributed by atoms with Crippen LogP contribution in [0.4, 0.5) is 5.13 Å². The van der Waals surface area contributed by atoms with Gasteiger partial charge in [-0.2, -0.15) is 0 Å². The monoisotopic (exact) mass is 226 g/mol. The first-order valence-electron chi connectivity index (χ1n) is 5.07. The number of anilines is 1. The lowest BCUT2D eigenvalue weighted by molar-refractivity contribution is -0.133. The van der Waals surface area contributed by atoms with Gasteiger partial charge in [0.25, 0.3) is 0 Å². The van der Waals surface area contributed by atoms with Crippen LogP contribution >= 0.6 is 11.3 Å². The highest BCUT2D eigenvalue weighted by Gasteiger charge is 2.19. The van der Waals surface area contributed by atoms with Crippen molar-refractivity contribution in [3.8, 4) is 0 Å². The van der Waals surface area contributed by atoms with E-state index in [1.807, 2.05) is 11.9 Å². The number of amides is 1. The van der Waals surface area contributed by atoms with Crippen molar-refractivity contribution in [1.29, 1.82) is 0 Å². The number of carbonyl (C=O) groups excluding carboxylic acids is 1. The van der Waals surface area contributed by atoms with Gasteiger partial charge in [0, 0.05) is 20.0 Å². The molecule has 1 N–H and O–H groups in total. The number of rotatable bonds is 3. The Kier molecular flexibility index (Phi) is 3.15. The summed E-state index contributed by atoms with van der Waals surface area (Å²) >= 11 is 1.50. The number of hydrogen-bond donors (Lipinski definition) is 1. The van der Waals surface area contributed by atoms with Crippen molar-refractivity contribution in [3.63, 3.8) is 0 Å². The van der Waals surface area contributed by atoms with Gasteiger partial charge < -0.3 is 10.2 Å². The first-order chi connectivity index (χ1) is 7.29. The summed E-state index contributed by atoms with van der Waals surface area (Å²) in [6.45, 7) is 1.46. The minimum atomic E-state index is 0.238. The summed E-state index contributed by atoms with van der Waals surface area (Å²) in [6.07, 6.45) is 2.80. The van der Waals surface area contributed by atoms with Gasteiger partial charge in [-0.1, -0.05) is 11.3 Å². The number of nitrogens with zero attached hydrogens (tertiary/aromatic N) is 3. The third kappa shape index (κ3) is 2.44. The zero-order valence-electron chi connectivity index (χ0n) is 8.69. The summed E-state index contributed by atoms with van der Waals surface area (Å²) < 4.78 is 0. The van der Waals surface area contributed by atoms with Crippen LogP contribution in [0.2, 0.25) is 0 Å². The van der Waals surface area contributed by atoms with E-state index in [1.165, 1.54) is 11.3 Å². The van der Waals surface area contributed by atoms with Gasteiger partial charge in [-0.3, -0.25) is 4.79 Å². The van der Waals surface area contributed by atoms with Crippen molar-refractivity contribution in [1.82, 2.24) is 15.1 Å². The Labute approximate surface area is 92.5 Å². The molecule has 0 aromatic carbocycles. The lowest BCUT2D eigenvalue weighted by Crippen LogP contribution is -2.34. The fourth-order valence-electron chi connectivity index (χ4n) is 1.61. The molecule has 2 heterocycles. The second-order valence-electron chi connectivity index (χ2n) is 3.52. The lowest BCUT2D eigenvalue weighted by atomic mass is 10.1. The van der Waals surface area contributed by atoms with E-state index in [9.17, 15) is 4.79 Å². The zero-order chi connectivity index (χ0) is 10.7. The average molecular weight is 226 g/mol. The topological polar surface area (TPSA) is 58.1 Å². The van der Waals surface area contributed by atoms with E-state index in [1.54, 1.807) is 0 Å². The molecule has 2 rings (SSSR count). The van der Waals surface area contributed by atoms with Gasteiger partial charge in [-0.25, -0.2) is 0 Å². The molecule has 0 bridgehead atoms. The molecule has 1 aliphatic rings. The van der Waals surface area contributed by atoms with E-state index in [0.717, 1.165) is 29.5 Å². The quantitative estimate of drug-likeness (QED) is 0.838. The normalized spacial score (nSPS) is 16.9. The SMILES string of the molecule is CNc1nnc(CN2CCCCC2=O)s1. The molecule has 15 heavy (non-hydrogen) atoms. The lowest BCUT2D eigenvalue weighted by Gasteiger charge is -2.25. The molecule has 1 amide bonds. The van der Waals surface area contributed by atoms with E-state index in [2.05, 4.69) is 15.5 Å². The molecule has 1 aromatic heterocycles. The Hall–Kier alpha value is -1.17. The zero-order valence-corrected chi connectivity index (χ0v) is 9.51. The Morgan fingerprint density at radius 3 is 3.00 bits per heavy atom. The molecule has 6 heteroatoms. The van der Waals surface area contributed by atoms with Gasteiger partial charge in [0.2, 0.25) is 11.0 Å². The van der Waals surface area contributed by atoms with Crippen molar-refractivity contribution in [2.24, 2.45) is 0 Å². The Balaban J connectivity index is 1.98. The molecule has 1 fully saturated rings. The van der Waals surface area contributed by atoms with Crippen LogP contribution < -0.4 is 5.32 Å². The number of carbonyl (C=O) groups is 1. The predicted molar refractivity (Wildman–Crippen MR) is 58.7 cm³/mol. The molecule has 82 valence electrons. The number of aromatic nitrogens is 2. The fourth-order valence-corrected chi connectivity index (χ4v) is 2.32. The maximum absolute atomic E-state index is 11.5. The van der Waals surface area contributed by atoms with Gasteiger partial charge in [0.05, 0.1) is 6.54 Å². The number of piperidine rings is 1. The summed E-state index contributed by atoms with van der Waals surface area (Å²) in [5.41, 5.74) is 0. The molecule has 0 radical (unpaired) electrons. The van der Waals surface area contributed by atoms with Crippen LogP contribution in [0.15, 0.2) is 0 Å². The second kappa shape index (κ2) is 4.57. The molecule has 0 atom stereocenters. The van der Waals surface area contributed by atoms with Gasteiger partial charge in [0.1, 0.15) is 5.01 Å². The standard InChI is InChI=1S/C9H14N4OS/c1-10-9-12-11-7(15-9)6-13-5-3-2-4-8(13)14/h2-6H2,1H3,(H,10,12). The third-order valence-electron chi connectivity index (χ3n) is 2.43. The van der Waals surface area contributed by atoms with Crippen LogP contribution in [0.1, 0.15) is 24.3 Å². The maximum Gasteiger partial charge on any atom is 0.222 e. The highest BCUT2D eigenvalue weighted by molar-refractivity contribution is 7.15. The van der Waals surface area contributed by atoms with E-state index in [4.69, 9.17) is 0 Å². The Morgan fingerprint density at radius 1 is 1.47 bits per heavy atom. The average Bonchev–Trinajstić information content (AvgIpc) is 2.69. The smallest absolute Gasteiger partial charge is 0.222 e. The molecule has 0 aliphatic carbocycles. The largest absolute Gasteiger partial charge is 0.363 e. The van der Waals surface area contributed by atoms with E-state index in [-0.39, 0.29) is 5.91 Å². The maximum atomic E-state index is 11.5. The molecule has 5 nitrogen and oxygen atoms in total. The minimum absolute atomic E-state index is 0.238. The van der Waals surface area contributed by atoms with Crippen LogP contribution in [-0.2, 0) is 11.3 Å². The molecule has 0 saturated carbocycles. The van der Waals surface area contributed by atoms with Gasteiger partial charge >= 0.3 is 0 Å². The van der Waals surface area contributed by atoms with Gasteiger partial charge in [-0.05, 0) is 12.8 Å². The number of nitrogens with one attached hydrogen (secondary N) is 1.